The van der Waals surface area contributed by atoms with Crippen molar-refractivity contribution in [3.63, 3.8) is 0 Å². The fraction of sp³-hybridized carbons (Fsp3) is 0.667. The quantitative estimate of drug-likeness (QED) is 0.627. The number of carboxylic acid groups (broad SMARTS) is 1. The molecule has 62 valence electrons. The zero-order chi connectivity index (χ0) is 9.02. The van der Waals surface area contributed by atoms with Gasteiger partial charge in [0.1, 0.15) is 0 Å². The SMILES string of the molecule is C#CC(C)C(C(=O)O)C(C)C. The van der Waals surface area contributed by atoms with Crippen LogP contribution in [0.2, 0.25) is 0 Å². The average molecular weight is 154 g/mol. The molecule has 0 aliphatic carbocycles. The smallest absolute Gasteiger partial charge is 0.308 e. The number of terminal acetylenes is 1. The van der Waals surface area contributed by atoms with Crippen LogP contribution in [0.15, 0.2) is 0 Å². The summed E-state index contributed by atoms with van der Waals surface area (Å²) >= 11 is 0. The summed E-state index contributed by atoms with van der Waals surface area (Å²) in [5.74, 6) is 1.14. The minimum atomic E-state index is -0.801. The first-order chi connectivity index (χ1) is 5.00. The van der Waals surface area contributed by atoms with Gasteiger partial charge in [-0.25, -0.2) is 0 Å². The van der Waals surface area contributed by atoms with Gasteiger partial charge in [-0.3, -0.25) is 4.79 Å². The zero-order valence-corrected chi connectivity index (χ0v) is 7.16. The van der Waals surface area contributed by atoms with E-state index >= 15 is 0 Å². The lowest BCUT2D eigenvalue weighted by atomic mass is 9.85. The molecule has 0 amide bonds. The molecule has 2 nitrogen and oxygen atoms in total. The van der Waals surface area contributed by atoms with E-state index in [-0.39, 0.29) is 11.8 Å². The average Bonchev–Trinajstić information content (AvgIpc) is 1.85. The van der Waals surface area contributed by atoms with E-state index in [9.17, 15) is 4.79 Å². The van der Waals surface area contributed by atoms with Crippen LogP contribution in [0.25, 0.3) is 0 Å². The minimum Gasteiger partial charge on any atom is -0.481 e. The first-order valence-corrected chi connectivity index (χ1v) is 3.69. The monoisotopic (exact) mass is 154 g/mol. The van der Waals surface area contributed by atoms with Gasteiger partial charge in [-0.15, -0.1) is 12.3 Å². The predicted molar refractivity (Wildman–Crippen MR) is 44.0 cm³/mol. The Morgan fingerprint density at radius 2 is 1.91 bits per heavy atom. The van der Waals surface area contributed by atoms with Crippen LogP contribution in [-0.4, -0.2) is 11.1 Å². The van der Waals surface area contributed by atoms with Crippen LogP contribution in [0.5, 0.6) is 0 Å². The Morgan fingerprint density at radius 1 is 1.45 bits per heavy atom. The highest BCUT2D eigenvalue weighted by atomic mass is 16.4. The normalized spacial score (nSPS) is 15.5. The number of hydrogen-bond donors (Lipinski definition) is 1. The molecule has 0 bridgehead atoms. The molecule has 11 heavy (non-hydrogen) atoms. The first kappa shape index (κ1) is 10.0. The maximum Gasteiger partial charge on any atom is 0.308 e. The van der Waals surface area contributed by atoms with Crippen molar-refractivity contribution in [2.75, 3.05) is 0 Å². The topological polar surface area (TPSA) is 37.3 Å². The Labute approximate surface area is 67.6 Å². The minimum absolute atomic E-state index is 0.0959. The summed E-state index contributed by atoms with van der Waals surface area (Å²) in [6.45, 7) is 5.50. The standard InChI is InChI=1S/C9H14O2/c1-5-7(4)8(6(2)3)9(10)11/h1,6-8H,2-4H3,(H,10,11). The fourth-order valence-electron chi connectivity index (χ4n) is 1.18. The molecule has 0 fully saturated rings. The summed E-state index contributed by atoms with van der Waals surface area (Å²) in [6, 6.07) is 0. The lowest BCUT2D eigenvalue weighted by Crippen LogP contribution is -2.25. The molecule has 2 heteroatoms. The van der Waals surface area contributed by atoms with Gasteiger partial charge in [0.05, 0.1) is 5.92 Å². The Morgan fingerprint density at radius 3 is 2.00 bits per heavy atom. The van der Waals surface area contributed by atoms with E-state index in [1.54, 1.807) is 6.92 Å². The first-order valence-electron chi connectivity index (χ1n) is 3.69. The summed E-state index contributed by atoms with van der Waals surface area (Å²) < 4.78 is 0. The number of rotatable bonds is 3. The van der Waals surface area contributed by atoms with Crippen LogP contribution in [0.3, 0.4) is 0 Å². The molecule has 0 aromatic heterocycles. The van der Waals surface area contributed by atoms with E-state index in [4.69, 9.17) is 11.5 Å². The molecule has 0 saturated carbocycles. The van der Waals surface area contributed by atoms with Gasteiger partial charge in [0.15, 0.2) is 0 Å². The number of hydrogen-bond acceptors (Lipinski definition) is 1. The van der Waals surface area contributed by atoms with Crippen molar-refractivity contribution in [1.82, 2.24) is 0 Å². The second-order valence-corrected chi connectivity index (χ2v) is 3.06. The van der Waals surface area contributed by atoms with Gasteiger partial charge in [-0.05, 0) is 5.92 Å². The van der Waals surface area contributed by atoms with E-state index in [0.717, 1.165) is 0 Å². The van der Waals surface area contributed by atoms with Gasteiger partial charge in [-0.1, -0.05) is 20.8 Å². The molecule has 0 rings (SSSR count). The molecule has 0 aromatic carbocycles. The highest BCUT2D eigenvalue weighted by molar-refractivity contribution is 5.71. The molecule has 0 saturated heterocycles. The number of carbonyl (C=O) groups is 1. The third-order valence-corrected chi connectivity index (χ3v) is 1.80. The van der Waals surface area contributed by atoms with Crippen LogP contribution in [0.4, 0.5) is 0 Å². The van der Waals surface area contributed by atoms with Crippen molar-refractivity contribution >= 4 is 5.97 Å². The summed E-state index contributed by atoms with van der Waals surface area (Å²) in [6.07, 6.45) is 5.14. The molecule has 0 aliphatic rings. The molecule has 2 atom stereocenters. The molecular weight excluding hydrogens is 140 g/mol. The van der Waals surface area contributed by atoms with Crippen LogP contribution in [-0.2, 0) is 4.79 Å². The van der Waals surface area contributed by atoms with Crippen LogP contribution in [0.1, 0.15) is 20.8 Å². The Balaban J connectivity index is 4.37. The van der Waals surface area contributed by atoms with Crippen molar-refractivity contribution < 1.29 is 9.90 Å². The summed E-state index contributed by atoms with van der Waals surface area (Å²) in [4.78, 5) is 10.6. The molecule has 0 aromatic rings. The molecule has 2 unspecified atom stereocenters. The van der Waals surface area contributed by atoms with E-state index in [0.29, 0.717) is 0 Å². The van der Waals surface area contributed by atoms with Crippen LogP contribution >= 0.6 is 0 Å². The largest absolute Gasteiger partial charge is 0.481 e. The highest BCUT2D eigenvalue weighted by Gasteiger charge is 2.26. The lowest BCUT2D eigenvalue weighted by molar-refractivity contribution is -0.144. The molecule has 0 spiro atoms. The van der Waals surface area contributed by atoms with Gasteiger partial charge in [0, 0.05) is 5.92 Å². The maximum atomic E-state index is 10.6. The number of carboxylic acids is 1. The third kappa shape index (κ3) is 2.63. The highest BCUT2D eigenvalue weighted by Crippen LogP contribution is 2.20. The second-order valence-electron chi connectivity index (χ2n) is 3.06. The second kappa shape index (κ2) is 4.02. The Bertz CT molecular complexity index is 176. The van der Waals surface area contributed by atoms with Gasteiger partial charge in [0.2, 0.25) is 0 Å². The number of aliphatic carboxylic acids is 1. The van der Waals surface area contributed by atoms with Crippen molar-refractivity contribution in [2.24, 2.45) is 17.8 Å². The Kier molecular flexibility index (Phi) is 3.67. The van der Waals surface area contributed by atoms with Gasteiger partial charge in [-0.2, -0.15) is 0 Å². The predicted octanol–water partition coefficient (Wildman–Crippen LogP) is 1.61. The van der Waals surface area contributed by atoms with Crippen LogP contribution < -0.4 is 0 Å². The molecule has 0 aliphatic heterocycles. The maximum absolute atomic E-state index is 10.6. The van der Waals surface area contributed by atoms with Gasteiger partial charge >= 0.3 is 5.97 Å². The van der Waals surface area contributed by atoms with Gasteiger partial charge < -0.3 is 5.11 Å². The summed E-state index contributed by atoms with van der Waals surface area (Å²) in [7, 11) is 0. The van der Waals surface area contributed by atoms with Crippen LogP contribution in [0, 0.1) is 30.1 Å². The molecule has 0 radical (unpaired) electrons. The van der Waals surface area contributed by atoms with E-state index in [1.165, 1.54) is 0 Å². The lowest BCUT2D eigenvalue weighted by Gasteiger charge is -2.18. The summed E-state index contributed by atoms with van der Waals surface area (Å²) in [5, 5.41) is 8.75. The molecular formula is C9H14O2. The fourth-order valence-corrected chi connectivity index (χ4v) is 1.18. The van der Waals surface area contributed by atoms with Crippen molar-refractivity contribution in [3.8, 4) is 12.3 Å². The third-order valence-electron chi connectivity index (χ3n) is 1.80. The van der Waals surface area contributed by atoms with E-state index in [2.05, 4.69) is 5.92 Å². The Hall–Kier alpha value is -0.970. The van der Waals surface area contributed by atoms with Crippen molar-refractivity contribution in [3.05, 3.63) is 0 Å². The van der Waals surface area contributed by atoms with E-state index in [1.807, 2.05) is 13.8 Å². The van der Waals surface area contributed by atoms with Crippen molar-refractivity contribution in [1.29, 1.82) is 0 Å². The van der Waals surface area contributed by atoms with Gasteiger partial charge in [0.25, 0.3) is 0 Å². The molecule has 1 N–H and O–H groups in total. The summed E-state index contributed by atoms with van der Waals surface area (Å²) in [5.41, 5.74) is 0. The molecule has 0 heterocycles. The van der Waals surface area contributed by atoms with Crippen molar-refractivity contribution in [2.45, 2.75) is 20.8 Å². The van der Waals surface area contributed by atoms with E-state index < -0.39 is 11.9 Å². The zero-order valence-electron chi connectivity index (χ0n) is 7.16.